The lowest BCUT2D eigenvalue weighted by Gasteiger charge is -2.21. The van der Waals surface area contributed by atoms with Crippen LogP contribution in [-0.2, 0) is 26.4 Å². The van der Waals surface area contributed by atoms with Gasteiger partial charge in [0, 0.05) is 55.9 Å². The summed E-state index contributed by atoms with van der Waals surface area (Å²) >= 11 is 6.07. The minimum Gasteiger partial charge on any atom is -0.354 e. The number of hydrogen-bond donors (Lipinski definition) is 2. The first-order valence-electron chi connectivity index (χ1n) is 10.3. The van der Waals surface area contributed by atoms with Crippen molar-refractivity contribution in [2.24, 2.45) is 12.0 Å². The zero-order valence-electron chi connectivity index (χ0n) is 18.5. The van der Waals surface area contributed by atoms with Gasteiger partial charge in [-0.2, -0.15) is 10.2 Å². The van der Waals surface area contributed by atoms with Crippen LogP contribution in [0.5, 0.6) is 0 Å². The smallest absolute Gasteiger partial charge is 0.191 e. The van der Waals surface area contributed by atoms with E-state index in [1.54, 1.807) is 13.2 Å². The molecule has 0 aliphatic carbocycles. The zero-order chi connectivity index (χ0) is 21.5. The summed E-state index contributed by atoms with van der Waals surface area (Å²) in [5.74, 6) is 0.745. The number of hydrogen-bond acceptors (Lipinski definition) is 3. The maximum atomic E-state index is 6.07. The van der Waals surface area contributed by atoms with E-state index in [0.29, 0.717) is 13.1 Å². The summed E-state index contributed by atoms with van der Waals surface area (Å²) in [5, 5.41) is 16.7. The molecule has 1 atom stereocenters. The number of aryl methyl sites for hydroxylation is 2. The van der Waals surface area contributed by atoms with Gasteiger partial charge in [-0.1, -0.05) is 37.6 Å². The molecule has 0 radical (unpaired) electrons. The van der Waals surface area contributed by atoms with E-state index in [2.05, 4.69) is 39.7 Å². The third-order valence-corrected chi connectivity index (χ3v) is 5.50. The molecule has 0 saturated heterocycles. The van der Waals surface area contributed by atoms with Crippen LogP contribution in [0.4, 0.5) is 0 Å². The molecule has 0 spiro atoms. The predicted molar refractivity (Wildman–Crippen MR) is 137 cm³/mol. The second-order valence-corrected chi connectivity index (χ2v) is 7.50. The predicted octanol–water partition coefficient (Wildman–Crippen LogP) is 3.97. The van der Waals surface area contributed by atoms with Crippen LogP contribution in [-0.4, -0.2) is 39.1 Å². The van der Waals surface area contributed by atoms with E-state index < -0.39 is 0 Å². The van der Waals surface area contributed by atoms with Gasteiger partial charge in [-0.3, -0.25) is 14.4 Å². The molecule has 1 unspecified atom stereocenters. The molecule has 2 N–H and O–H groups in total. The zero-order valence-corrected chi connectivity index (χ0v) is 21.6. The highest BCUT2D eigenvalue weighted by atomic mass is 127. The van der Waals surface area contributed by atoms with Gasteiger partial charge in [0.25, 0.3) is 0 Å². The number of benzene rings is 1. The summed E-state index contributed by atoms with van der Waals surface area (Å²) in [6, 6.07) is 9.82. The molecule has 0 saturated carbocycles. The number of halogens is 2. The fourth-order valence-electron chi connectivity index (χ4n) is 3.69. The van der Waals surface area contributed by atoms with Crippen molar-refractivity contribution in [1.82, 2.24) is 30.2 Å². The molecule has 3 rings (SSSR count). The summed E-state index contributed by atoms with van der Waals surface area (Å²) in [5.41, 5.74) is 4.77. The molecular weight excluding hydrogens is 525 g/mol. The van der Waals surface area contributed by atoms with E-state index in [0.717, 1.165) is 35.1 Å². The van der Waals surface area contributed by atoms with Gasteiger partial charge in [0.15, 0.2) is 5.96 Å². The molecule has 7 nitrogen and oxygen atoms in total. The number of guanidine groups is 1. The highest BCUT2D eigenvalue weighted by molar-refractivity contribution is 14.0. The molecule has 3 aromatic rings. The topological polar surface area (TPSA) is 72.1 Å². The Labute approximate surface area is 206 Å². The molecule has 0 aliphatic rings. The third-order valence-electron chi connectivity index (χ3n) is 5.25. The molecule has 31 heavy (non-hydrogen) atoms. The first-order chi connectivity index (χ1) is 14.6. The van der Waals surface area contributed by atoms with Gasteiger partial charge in [-0.05, 0) is 36.6 Å². The Kier molecular flexibility index (Phi) is 9.83. The van der Waals surface area contributed by atoms with E-state index >= 15 is 0 Å². The Morgan fingerprint density at radius 2 is 1.90 bits per heavy atom. The van der Waals surface area contributed by atoms with Crippen LogP contribution >= 0.6 is 35.6 Å². The minimum atomic E-state index is 0. The molecule has 0 fully saturated rings. The molecule has 2 heterocycles. The Balaban J connectivity index is 0.00000341. The second kappa shape index (κ2) is 12.1. The average Bonchev–Trinajstić information content (AvgIpc) is 3.39. The normalized spacial score (nSPS) is 12.4. The van der Waals surface area contributed by atoms with E-state index in [9.17, 15) is 0 Å². The van der Waals surface area contributed by atoms with Gasteiger partial charge in [0.05, 0.1) is 11.7 Å². The summed E-state index contributed by atoms with van der Waals surface area (Å²) in [7, 11) is 3.79. The summed E-state index contributed by atoms with van der Waals surface area (Å²) in [6.45, 7) is 5.62. The monoisotopic (exact) mass is 555 g/mol. The SMILES string of the molecule is CCc1nn(C)c(CC)c1CNC(=NC)NCC(c1ccc(Cl)cc1)n1cccn1.I. The van der Waals surface area contributed by atoms with Gasteiger partial charge < -0.3 is 10.6 Å². The van der Waals surface area contributed by atoms with Crippen LogP contribution in [0.3, 0.4) is 0 Å². The van der Waals surface area contributed by atoms with Crippen molar-refractivity contribution in [3.8, 4) is 0 Å². The molecular formula is C22H31ClIN7. The lowest BCUT2D eigenvalue weighted by Crippen LogP contribution is -2.40. The van der Waals surface area contributed by atoms with Crippen molar-refractivity contribution in [3.05, 3.63) is 70.3 Å². The van der Waals surface area contributed by atoms with Gasteiger partial charge in [0.2, 0.25) is 0 Å². The first-order valence-corrected chi connectivity index (χ1v) is 10.7. The van der Waals surface area contributed by atoms with Crippen LogP contribution in [0.15, 0.2) is 47.7 Å². The van der Waals surface area contributed by atoms with E-state index in [-0.39, 0.29) is 30.0 Å². The van der Waals surface area contributed by atoms with Gasteiger partial charge in [0.1, 0.15) is 0 Å². The van der Waals surface area contributed by atoms with Crippen molar-refractivity contribution in [3.63, 3.8) is 0 Å². The van der Waals surface area contributed by atoms with Crippen molar-refractivity contribution in [2.45, 2.75) is 39.3 Å². The molecule has 0 aliphatic heterocycles. The molecule has 0 amide bonds. The number of nitrogens with one attached hydrogen (secondary N) is 2. The molecule has 9 heteroatoms. The average molecular weight is 556 g/mol. The standard InChI is InChI=1S/C22H30ClN7.HI/c1-5-19-18(20(6-2)29(4)28-19)14-25-22(24-3)26-15-21(30-13-7-12-27-30)16-8-10-17(23)11-9-16;/h7-13,21H,5-6,14-15H2,1-4H3,(H2,24,25,26);1H. The maximum Gasteiger partial charge on any atom is 0.191 e. The Morgan fingerprint density at radius 1 is 1.16 bits per heavy atom. The van der Waals surface area contributed by atoms with E-state index in [1.165, 1.54) is 11.3 Å². The summed E-state index contributed by atoms with van der Waals surface area (Å²) < 4.78 is 3.93. The largest absolute Gasteiger partial charge is 0.354 e. The Morgan fingerprint density at radius 3 is 2.48 bits per heavy atom. The van der Waals surface area contributed by atoms with E-state index in [1.807, 2.05) is 52.9 Å². The maximum absolute atomic E-state index is 6.07. The Bertz CT molecular complexity index is 965. The highest BCUT2D eigenvalue weighted by Gasteiger charge is 2.16. The lowest BCUT2D eigenvalue weighted by molar-refractivity contribution is 0.510. The van der Waals surface area contributed by atoms with Crippen molar-refractivity contribution in [2.75, 3.05) is 13.6 Å². The van der Waals surface area contributed by atoms with E-state index in [4.69, 9.17) is 11.6 Å². The number of rotatable bonds is 8. The number of nitrogens with zero attached hydrogens (tertiary/aromatic N) is 5. The van der Waals surface area contributed by atoms with Crippen molar-refractivity contribution >= 4 is 41.5 Å². The van der Waals surface area contributed by atoms with Crippen LogP contribution in [0.25, 0.3) is 0 Å². The fraction of sp³-hybridized carbons (Fsp3) is 0.409. The molecule has 2 aromatic heterocycles. The first kappa shape index (κ1) is 25.2. The molecule has 168 valence electrons. The molecule has 0 bridgehead atoms. The fourth-order valence-corrected chi connectivity index (χ4v) is 3.82. The van der Waals surface area contributed by atoms with Gasteiger partial charge in [-0.25, -0.2) is 0 Å². The van der Waals surface area contributed by atoms with Crippen LogP contribution in [0, 0.1) is 0 Å². The van der Waals surface area contributed by atoms with Gasteiger partial charge >= 0.3 is 0 Å². The number of aromatic nitrogens is 4. The molecule has 1 aromatic carbocycles. The Hall–Kier alpha value is -2.07. The number of aliphatic imine (C=N–C) groups is 1. The van der Waals surface area contributed by atoms with Gasteiger partial charge in [-0.15, -0.1) is 24.0 Å². The second-order valence-electron chi connectivity index (χ2n) is 7.06. The summed E-state index contributed by atoms with van der Waals surface area (Å²) in [4.78, 5) is 4.40. The summed E-state index contributed by atoms with van der Waals surface area (Å²) in [6.07, 6.45) is 5.62. The van der Waals surface area contributed by atoms with Crippen LogP contribution in [0.2, 0.25) is 5.02 Å². The van der Waals surface area contributed by atoms with Crippen molar-refractivity contribution < 1.29 is 0 Å². The van der Waals surface area contributed by atoms with Crippen LogP contribution in [0.1, 0.15) is 42.4 Å². The lowest BCUT2D eigenvalue weighted by atomic mass is 10.1. The third kappa shape index (κ3) is 6.22. The highest BCUT2D eigenvalue weighted by Crippen LogP contribution is 2.19. The quantitative estimate of drug-likeness (QED) is 0.251. The minimum absolute atomic E-state index is 0. The van der Waals surface area contributed by atoms with Crippen molar-refractivity contribution in [1.29, 1.82) is 0 Å². The van der Waals surface area contributed by atoms with Crippen LogP contribution < -0.4 is 10.6 Å².